The number of quaternary nitrogens is 2. The predicted molar refractivity (Wildman–Crippen MR) is 74.0 cm³/mol. The SMILES string of the molecule is [NH3+][C@H](c1ccccc1)P(=O)(O)[C@@H]([NH3+])c1ccccc1. The van der Waals surface area contributed by atoms with Crippen LogP contribution in [0, 0.1) is 0 Å². The van der Waals surface area contributed by atoms with E-state index >= 15 is 0 Å². The number of rotatable bonds is 4. The summed E-state index contributed by atoms with van der Waals surface area (Å²) in [7, 11) is -3.54. The van der Waals surface area contributed by atoms with Gasteiger partial charge in [0.2, 0.25) is 0 Å². The average molecular weight is 278 g/mol. The maximum atomic E-state index is 12.6. The molecule has 5 heteroatoms. The summed E-state index contributed by atoms with van der Waals surface area (Å²) in [6.45, 7) is 0. The van der Waals surface area contributed by atoms with E-state index in [0.717, 1.165) is 11.1 Å². The van der Waals surface area contributed by atoms with Crippen LogP contribution in [-0.4, -0.2) is 4.89 Å². The summed E-state index contributed by atoms with van der Waals surface area (Å²) in [4.78, 5) is 10.4. The highest BCUT2D eigenvalue weighted by atomic mass is 31.2. The van der Waals surface area contributed by atoms with Crippen molar-refractivity contribution in [1.29, 1.82) is 0 Å². The van der Waals surface area contributed by atoms with E-state index in [1.54, 1.807) is 0 Å². The molecule has 3 atom stereocenters. The number of hydrogen-bond acceptors (Lipinski definition) is 1. The first-order valence-corrected chi connectivity index (χ1v) is 7.91. The Balaban J connectivity index is 2.30. The van der Waals surface area contributed by atoms with Gasteiger partial charge >= 0.3 is 7.37 Å². The second-order valence-electron chi connectivity index (χ2n) is 4.53. The van der Waals surface area contributed by atoms with E-state index in [-0.39, 0.29) is 0 Å². The molecule has 0 spiro atoms. The van der Waals surface area contributed by atoms with Crippen LogP contribution in [-0.2, 0) is 4.57 Å². The predicted octanol–water partition coefficient (Wildman–Crippen LogP) is 1.14. The minimum absolute atomic E-state index is 0.670. The number of benzene rings is 2. The molecular weight excluding hydrogens is 259 g/mol. The Labute approximate surface area is 112 Å². The summed E-state index contributed by atoms with van der Waals surface area (Å²) in [6.07, 6.45) is 0. The first kappa shape index (κ1) is 14.0. The Hall–Kier alpha value is -1.45. The van der Waals surface area contributed by atoms with E-state index in [1.807, 2.05) is 60.7 Å². The third-order valence-electron chi connectivity index (χ3n) is 3.26. The molecule has 0 aliphatic rings. The van der Waals surface area contributed by atoms with Gasteiger partial charge in [-0.15, -0.1) is 0 Å². The molecule has 0 saturated heterocycles. The van der Waals surface area contributed by atoms with Gasteiger partial charge in [0.05, 0.1) is 0 Å². The molecule has 0 fully saturated rings. The van der Waals surface area contributed by atoms with E-state index in [4.69, 9.17) is 0 Å². The van der Waals surface area contributed by atoms with Gasteiger partial charge in [-0.3, -0.25) is 4.57 Å². The van der Waals surface area contributed by atoms with Crippen LogP contribution in [0.5, 0.6) is 0 Å². The zero-order valence-electron chi connectivity index (χ0n) is 10.6. The molecule has 100 valence electrons. The largest absolute Gasteiger partial charge is 0.343 e. The van der Waals surface area contributed by atoms with E-state index in [1.165, 1.54) is 0 Å². The minimum Gasteiger partial charge on any atom is -0.343 e. The summed E-state index contributed by atoms with van der Waals surface area (Å²) < 4.78 is 12.6. The number of hydrogen-bond donors (Lipinski definition) is 3. The van der Waals surface area contributed by atoms with Crippen molar-refractivity contribution in [2.75, 3.05) is 0 Å². The fourth-order valence-corrected chi connectivity index (χ4v) is 3.63. The van der Waals surface area contributed by atoms with E-state index in [9.17, 15) is 9.46 Å². The maximum absolute atomic E-state index is 12.6. The van der Waals surface area contributed by atoms with Crippen molar-refractivity contribution in [2.24, 2.45) is 0 Å². The van der Waals surface area contributed by atoms with Crippen molar-refractivity contribution in [2.45, 2.75) is 11.6 Å². The van der Waals surface area contributed by atoms with Crippen molar-refractivity contribution >= 4 is 7.37 Å². The smallest absolute Gasteiger partial charge is 0.321 e. The minimum atomic E-state index is -3.54. The van der Waals surface area contributed by atoms with Crippen LogP contribution < -0.4 is 11.5 Å². The molecule has 2 rings (SSSR count). The van der Waals surface area contributed by atoms with Gasteiger partial charge < -0.3 is 16.4 Å². The maximum Gasteiger partial charge on any atom is 0.321 e. The van der Waals surface area contributed by atoms with Crippen molar-refractivity contribution in [3.63, 3.8) is 0 Å². The third kappa shape index (κ3) is 2.94. The molecule has 0 aliphatic heterocycles. The van der Waals surface area contributed by atoms with Crippen LogP contribution >= 0.6 is 7.37 Å². The highest BCUT2D eigenvalue weighted by molar-refractivity contribution is 7.58. The molecule has 4 nitrogen and oxygen atoms in total. The zero-order valence-corrected chi connectivity index (χ0v) is 11.5. The first-order valence-electron chi connectivity index (χ1n) is 6.11. The summed E-state index contributed by atoms with van der Waals surface area (Å²) in [5.41, 5.74) is 9.27. The van der Waals surface area contributed by atoms with Crippen LogP contribution in [0.25, 0.3) is 0 Å². The van der Waals surface area contributed by atoms with Gasteiger partial charge in [-0.2, -0.15) is 0 Å². The van der Waals surface area contributed by atoms with Gasteiger partial charge in [-0.1, -0.05) is 60.7 Å². The Bertz CT molecular complexity index is 525. The Morgan fingerprint density at radius 1 is 0.789 bits per heavy atom. The molecule has 19 heavy (non-hydrogen) atoms. The van der Waals surface area contributed by atoms with E-state index in [2.05, 4.69) is 11.5 Å². The van der Waals surface area contributed by atoms with Crippen LogP contribution in [0.3, 0.4) is 0 Å². The van der Waals surface area contributed by atoms with E-state index in [0.29, 0.717) is 0 Å². The van der Waals surface area contributed by atoms with E-state index < -0.39 is 18.9 Å². The molecule has 2 aromatic carbocycles. The Morgan fingerprint density at radius 3 is 1.42 bits per heavy atom. The summed E-state index contributed by atoms with van der Waals surface area (Å²) in [5.74, 6) is -1.34. The second kappa shape index (κ2) is 5.68. The molecule has 0 saturated carbocycles. The molecule has 7 N–H and O–H groups in total. The summed E-state index contributed by atoms with van der Waals surface area (Å²) in [6, 6.07) is 18.4. The third-order valence-corrected chi connectivity index (χ3v) is 5.64. The van der Waals surface area contributed by atoms with Crippen LogP contribution in [0.1, 0.15) is 22.7 Å². The zero-order chi connectivity index (χ0) is 13.9. The van der Waals surface area contributed by atoms with Crippen molar-refractivity contribution in [1.82, 2.24) is 0 Å². The molecule has 2 aromatic rings. The molecule has 0 aromatic heterocycles. The summed E-state index contributed by atoms with van der Waals surface area (Å²) >= 11 is 0. The van der Waals surface area contributed by atoms with Crippen LogP contribution in [0.2, 0.25) is 0 Å². The van der Waals surface area contributed by atoms with Gasteiger partial charge in [0.25, 0.3) is 0 Å². The molecule has 0 heterocycles. The molecule has 0 amide bonds. The lowest BCUT2D eigenvalue weighted by Crippen LogP contribution is -2.59. The fraction of sp³-hybridized carbons (Fsp3) is 0.143. The van der Waals surface area contributed by atoms with Crippen molar-refractivity contribution in [3.8, 4) is 0 Å². The van der Waals surface area contributed by atoms with Gasteiger partial charge in [-0.25, -0.2) is 0 Å². The first-order chi connectivity index (χ1) is 9.03. The fourth-order valence-electron chi connectivity index (χ4n) is 1.99. The van der Waals surface area contributed by atoms with Gasteiger partial charge in [0.1, 0.15) is 0 Å². The van der Waals surface area contributed by atoms with Gasteiger partial charge in [0.15, 0.2) is 11.6 Å². The van der Waals surface area contributed by atoms with Crippen LogP contribution in [0.15, 0.2) is 60.7 Å². The lowest BCUT2D eigenvalue weighted by molar-refractivity contribution is -0.418. The second-order valence-corrected chi connectivity index (χ2v) is 7.12. The highest BCUT2D eigenvalue weighted by Crippen LogP contribution is 2.59. The lowest BCUT2D eigenvalue weighted by atomic mass is 10.2. The molecule has 1 unspecified atom stereocenters. The summed E-state index contributed by atoms with van der Waals surface area (Å²) in [5, 5.41) is 0. The lowest BCUT2D eigenvalue weighted by Gasteiger charge is -2.20. The highest BCUT2D eigenvalue weighted by Gasteiger charge is 2.42. The quantitative estimate of drug-likeness (QED) is 0.732. The van der Waals surface area contributed by atoms with Gasteiger partial charge in [-0.05, 0) is 0 Å². The van der Waals surface area contributed by atoms with Gasteiger partial charge in [0, 0.05) is 11.1 Å². The average Bonchev–Trinajstić information content (AvgIpc) is 2.47. The normalized spacial score (nSPS) is 17.4. The molecule has 0 aliphatic carbocycles. The van der Waals surface area contributed by atoms with Crippen molar-refractivity contribution < 1.29 is 20.9 Å². The Morgan fingerprint density at radius 2 is 1.11 bits per heavy atom. The van der Waals surface area contributed by atoms with Crippen LogP contribution in [0.4, 0.5) is 0 Å². The Kier molecular flexibility index (Phi) is 4.17. The molecule has 0 bridgehead atoms. The monoisotopic (exact) mass is 278 g/mol. The molecular formula is C14H19N2O2P+2. The standard InChI is InChI=1S/C14H17N2O2P/c15-13(11-7-3-1-4-8-11)19(17,18)14(16)12-9-5-2-6-10-12/h1-10,13-14H,15-16H2,(H,17,18)/p+2/t13-,14+. The topological polar surface area (TPSA) is 92.6 Å². The van der Waals surface area contributed by atoms with Crippen molar-refractivity contribution in [3.05, 3.63) is 71.8 Å². The molecule has 0 radical (unpaired) electrons.